The molecular weight excluding hydrogens is 228 g/mol. The quantitative estimate of drug-likeness (QED) is 0.750. The number of carbonyl (C=O) groups excluding carboxylic acids is 1. The lowest BCUT2D eigenvalue weighted by Gasteiger charge is -2.10. The van der Waals surface area contributed by atoms with Crippen molar-refractivity contribution in [3.8, 4) is 6.07 Å². The zero-order valence-electron chi connectivity index (χ0n) is 7.60. The van der Waals surface area contributed by atoms with Crippen molar-refractivity contribution >= 4 is 5.91 Å². The standard InChI is InChI=1S/C9H4F4N2O/c10-7-5(8(15)16)1-4(3-14)2-6(7)9(11,12)13/h1-2H,(H2,15,16). The molecule has 0 atom stereocenters. The van der Waals surface area contributed by atoms with E-state index in [2.05, 4.69) is 0 Å². The van der Waals surface area contributed by atoms with Crippen molar-refractivity contribution < 1.29 is 22.4 Å². The fraction of sp³-hybridized carbons (Fsp3) is 0.111. The van der Waals surface area contributed by atoms with Gasteiger partial charge in [-0.15, -0.1) is 0 Å². The Labute approximate surface area is 87.1 Å². The maximum atomic E-state index is 13.2. The van der Waals surface area contributed by atoms with Crippen molar-refractivity contribution in [1.29, 1.82) is 5.26 Å². The van der Waals surface area contributed by atoms with E-state index in [1.807, 2.05) is 0 Å². The first-order valence-corrected chi connectivity index (χ1v) is 3.88. The maximum absolute atomic E-state index is 13.2. The molecule has 0 saturated heterocycles. The first kappa shape index (κ1) is 12.0. The molecule has 0 radical (unpaired) electrons. The summed E-state index contributed by atoms with van der Waals surface area (Å²) in [6.07, 6.45) is -4.98. The summed E-state index contributed by atoms with van der Waals surface area (Å²) >= 11 is 0. The van der Waals surface area contributed by atoms with Gasteiger partial charge < -0.3 is 5.73 Å². The molecule has 1 rings (SSSR count). The van der Waals surface area contributed by atoms with Crippen LogP contribution in [0, 0.1) is 17.1 Å². The van der Waals surface area contributed by atoms with E-state index in [4.69, 9.17) is 11.0 Å². The minimum Gasteiger partial charge on any atom is -0.366 e. The van der Waals surface area contributed by atoms with Crippen LogP contribution in [-0.4, -0.2) is 5.91 Å². The average Bonchev–Trinajstić information content (AvgIpc) is 2.15. The van der Waals surface area contributed by atoms with Crippen LogP contribution in [0.1, 0.15) is 21.5 Å². The highest BCUT2D eigenvalue weighted by atomic mass is 19.4. The minimum atomic E-state index is -4.98. The van der Waals surface area contributed by atoms with Crippen LogP contribution in [0.2, 0.25) is 0 Å². The van der Waals surface area contributed by atoms with Gasteiger partial charge in [0.15, 0.2) is 0 Å². The van der Waals surface area contributed by atoms with Gasteiger partial charge in [-0.25, -0.2) is 4.39 Å². The summed E-state index contributed by atoms with van der Waals surface area (Å²) in [4.78, 5) is 10.7. The molecule has 16 heavy (non-hydrogen) atoms. The molecule has 0 aliphatic rings. The highest BCUT2D eigenvalue weighted by Crippen LogP contribution is 2.33. The molecule has 1 aromatic carbocycles. The number of nitriles is 1. The molecule has 84 valence electrons. The molecule has 0 heterocycles. The number of hydrogen-bond donors (Lipinski definition) is 1. The van der Waals surface area contributed by atoms with Crippen molar-refractivity contribution in [3.63, 3.8) is 0 Å². The second-order valence-electron chi connectivity index (χ2n) is 2.86. The van der Waals surface area contributed by atoms with E-state index < -0.39 is 34.6 Å². The van der Waals surface area contributed by atoms with Gasteiger partial charge in [0.2, 0.25) is 0 Å². The molecule has 1 aromatic rings. The third kappa shape index (κ3) is 2.11. The van der Waals surface area contributed by atoms with E-state index in [1.165, 1.54) is 6.07 Å². The molecule has 0 spiro atoms. The number of nitrogens with zero attached hydrogens (tertiary/aromatic N) is 1. The number of carbonyl (C=O) groups is 1. The Kier molecular flexibility index (Phi) is 2.85. The molecule has 0 bridgehead atoms. The number of nitrogens with two attached hydrogens (primary N) is 1. The van der Waals surface area contributed by atoms with Gasteiger partial charge in [0, 0.05) is 0 Å². The number of rotatable bonds is 1. The fourth-order valence-electron chi connectivity index (χ4n) is 1.07. The molecule has 3 nitrogen and oxygen atoms in total. The summed E-state index contributed by atoms with van der Waals surface area (Å²) in [5.41, 5.74) is 1.58. The Bertz CT molecular complexity index is 488. The third-order valence-electron chi connectivity index (χ3n) is 1.77. The van der Waals surface area contributed by atoms with Crippen molar-refractivity contribution in [2.45, 2.75) is 6.18 Å². The molecule has 0 aliphatic carbocycles. The Morgan fingerprint density at radius 3 is 2.31 bits per heavy atom. The van der Waals surface area contributed by atoms with Crippen LogP contribution in [0.3, 0.4) is 0 Å². The summed E-state index contributed by atoms with van der Waals surface area (Å²) < 4.78 is 50.1. The first-order valence-electron chi connectivity index (χ1n) is 3.88. The lowest BCUT2D eigenvalue weighted by molar-refractivity contribution is -0.140. The van der Waals surface area contributed by atoms with Crippen molar-refractivity contribution in [2.75, 3.05) is 0 Å². The van der Waals surface area contributed by atoms with Gasteiger partial charge in [0.1, 0.15) is 5.82 Å². The van der Waals surface area contributed by atoms with Gasteiger partial charge in [-0.05, 0) is 12.1 Å². The summed E-state index contributed by atoms with van der Waals surface area (Å²) in [5, 5.41) is 8.43. The molecule has 0 fully saturated rings. The predicted molar refractivity (Wildman–Crippen MR) is 44.6 cm³/mol. The maximum Gasteiger partial charge on any atom is 0.419 e. The Morgan fingerprint density at radius 1 is 1.38 bits per heavy atom. The predicted octanol–water partition coefficient (Wildman–Crippen LogP) is 1.82. The largest absolute Gasteiger partial charge is 0.419 e. The Hall–Kier alpha value is -2.10. The molecule has 7 heteroatoms. The molecule has 0 unspecified atom stereocenters. The Morgan fingerprint density at radius 2 is 1.94 bits per heavy atom. The lowest BCUT2D eigenvalue weighted by atomic mass is 10.0. The van der Waals surface area contributed by atoms with Crippen molar-refractivity contribution in [2.24, 2.45) is 5.73 Å². The van der Waals surface area contributed by atoms with Crippen LogP contribution in [0.4, 0.5) is 17.6 Å². The molecular formula is C9H4F4N2O. The number of primary amides is 1. The van der Waals surface area contributed by atoms with Gasteiger partial charge in [-0.1, -0.05) is 0 Å². The van der Waals surface area contributed by atoms with Crippen LogP contribution in [-0.2, 0) is 6.18 Å². The van der Waals surface area contributed by atoms with E-state index >= 15 is 0 Å². The minimum absolute atomic E-state index is 0.321. The fourth-order valence-corrected chi connectivity index (χ4v) is 1.07. The topological polar surface area (TPSA) is 66.9 Å². The SMILES string of the molecule is N#Cc1cc(C(N)=O)c(F)c(C(F)(F)F)c1. The second-order valence-corrected chi connectivity index (χ2v) is 2.86. The molecule has 0 aromatic heterocycles. The van der Waals surface area contributed by atoms with Gasteiger partial charge in [0.25, 0.3) is 5.91 Å². The summed E-state index contributed by atoms with van der Waals surface area (Å²) in [7, 11) is 0. The van der Waals surface area contributed by atoms with Gasteiger partial charge >= 0.3 is 6.18 Å². The highest BCUT2D eigenvalue weighted by Gasteiger charge is 2.36. The lowest BCUT2D eigenvalue weighted by Crippen LogP contribution is -2.18. The number of amides is 1. The molecule has 0 saturated carbocycles. The number of hydrogen-bond acceptors (Lipinski definition) is 2. The van der Waals surface area contributed by atoms with E-state index in [0.29, 0.717) is 12.1 Å². The summed E-state index contributed by atoms with van der Waals surface area (Å²) in [6.45, 7) is 0. The van der Waals surface area contributed by atoms with Gasteiger partial charge in [0.05, 0.1) is 22.8 Å². The van der Waals surface area contributed by atoms with E-state index in [0.717, 1.165) is 0 Å². The monoisotopic (exact) mass is 232 g/mol. The number of halogens is 4. The highest BCUT2D eigenvalue weighted by molar-refractivity contribution is 5.93. The summed E-state index contributed by atoms with van der Waals surface area (Å²) in [6, 6.07) is 2.38. The smallest absolute Gasteiger partial charge is 0.366 e. The molecule has 0 aliphatic heterocycles. The Balaban J connectivity index is 3.58. The van der Waals surface area contributed by atoms with Crippen LogP contribution in [0.15, 0.2) is 12.1 Å². The van der Waals surface area contributed by atoms with Gasteiger partial charge in [-0.2, -0.15) is 18.4 Å². The van der Waals surface area contributed by atoms with E-state index in [1.54, 1.807) is 0 Å². The second kappa shape index (κ2) is 3.81. The third-order valence-corrected chi connectivity index (χ3v) is 1.77. The van der Waals surface area contributed by atoms with Gasteiger partial charge in [-0.3, -0.25) is 4.79 Å². The van der Waals surface area contributed by atoms with Crippen LogP contribution in [0.25, 0.3) is 0 Å². The van der Waals surface area contributed by atoms with E-state index in [9.17, 15) is 22.4 Å². The van der Waals surface area contributed by atoms with Crippen molar-refractivity contribution in [1.82, 2.24) is 0 Å². The van der Waals surface area contributed by atoms with Crippen LogP contribution >= 0.6 is 0 Å². The number of alkyl halides is 3. The summed E-state index contributed by atoms with van der Waals surface area (Å²) in [5.74, 6) is -3.13. The normalized spacial score (nSPS) is 10.9. The van der Waals surface area contributed by atoms with Crippen molar-refractivity contribution in [3.05, 3.63) is 34.6 Å². The molecule has 2 N–H and O–H groups in total. The zero-order valence-corrected chi connectivity index (χ0v) is 7.60. The van der Waals surface area contributed by atoms with Crippen LogP contribution < -0.4 is 5.73 Å². The molecule has 1 amide bonds. The first-order chi connectivity index (χ1) is 7.27. The average molecular weight is 232 g/mol. The van der Waals surface area contributed by atoms with E-state index in [-0.39, 0.29) is 0 Å². The van der Waals surface area contributed by atoms with Crippen LogP contribution in [0.5, 0.6) is 0 Å². The zero-order chi connectivity index (χ0) is 12.5. The number of benzene rings is 1.